The van der Waals surface area contributed by atoms with Crippen LogP contribution in [0.5, 0.6) is 0 Å². The molecule has 16 heteroatoms. The number of carbonyl (C=O) groups is 1. The van der Waals surface area contributed by atoms with Gasteiger partial charge < -0.3 is 73.4 Å². The summed E-state index contributed by atoms with van der Waals surface area (Å²) in [6.07, 6.45) is -12.3. The topological polar surface area (TPSA) is 277 Å². The minimum Gasteiger partial charge on any atom is -0.394 e. The van der Waals surface area contributed by atoms with Gasteiger partial charge in [-0.2, -0.15) is 0 Å². The van der Waals surface area contributed by atoms with Crippen molar-refractivity contribution in [3.63, 3.8) is 0 Å². The summed E-state index contributed by atoms with van der Waals surface area (Å²) in [6, 6.07) is -3.89. The zero-order valence-electron chi connectivity index (χ0n) is 21.1. The molecular formula is C22H43FN6O9. The van der Waals surface area contributed by atoms with Gasteiger partial charge in [0.15, 0.2) is 18.8 Å². The predicted molar refractivity (Wildman–Crippen MR) is 130 cm³/mol. The highest BCUT2D eigenvalue weighted by Crippen LogP contribution is 2.33. The maximum atomic E-state index is 16.2. The van der Waals surface area contributed by atoms with Gasteiger partial charge in [-0.15, -0.1) is 0 Å². The lowest BCUT2D eigenvalue weighted by Gasteiger charge is -2.47. The number of ether oxygens (including phenoxy) is 4. The first-order chi connectivity index (χ1) is 18.0. The molecule has 0 aromatic heterocycles. The number of halogens is 1. The normalized spacial score (nSPS) is 44.9. The zero-order chi connectivity index (χ0) is 28.1. The van der Waals surface area contributed by atoms with Crippen LogP contribution in [-0.2, 0) is 23.7 Å². The summed E-state index contributed by atoms with van der Waals surface area (Å²) < 4.78 is 39.1. The van der Waals surface area contributed by atoms with Crippen LogP contribution in [0.4, 0.5) is 4.39 Å². The summed E-state index contributed by atoms with van der Waals surface area (Å²) in [5.74, 6) is -0.818. The van der Waals surface area contributed by atoms with Gasteiger partial charge in [0.1, 0.15) is 36.6 Å². The van der Waals surface area contributed by atoms with Gasteiger partial charge in [0, 0.05) is 12.6 Å². The van der Waals surface area contributed by atoms with Crippen molar-refractivity contribution in [2.75, 3.05) is 19.7 Å². The van der Waals surface area contributed by atoms with E-state index >= 15 is 4.39 Å². The molecule has 15 nitrogen and oxygen atoms in total. The number of aliphatic hydroxyl groups excluding tert-OH is 4. The molecule has 1 aliphatic carbocycles. The molecule has 0 aromatic carbocycles. The monoisotopic (exact) mass is 554 g/mol. The molecular weight excluding hydrogens is 511 g/mol. The van der Waals surface area contributed by atoms with Crippen molar-refractivity contribution in [2.45, 2.75) is 111 Å². The smallest absolute Gasteiger partial charge is 0.249 e. The van der Waals surface area contributed by atoms with Crippen molar-refractivity contribution in [1.29, 1.82) is 0 Å². The summed E-state index contributed by atoms with van der Waals surface area (Å²) in [6.45, 7) is -0.383. The zero-order valence-corrected chi connectivity index (χ0v) is 21.1. The maximum Gasteiger partial charge on any atom is 0.249 e. The Bertz CT molecular complexity index is 760. The van der Waals surface area contributed by atoms with Crippen LogP contribution in [-0.4, -0.2) is 132 Å². The first-order valence-corrected chi connectivity index (χ1v) is 12.9. The SMILES string of the molecule is NCC[C@H](O)C(=O)N[C@@H]1C[C@H](N)C(O[C@@H]2OC(CN)CCC2N)C(F)[C@@H]1O[C@@H]1OC(CO)[C@H](O)[C@H](N)C1O. The minimum atomic E-state index is -2.00. The third kappa shape index (κ3) is 7.14. The van der Waals surface area contributed by atoms with E-state index in [1.807, 2.05) is 0 Å². The van der Waals surface area contributed by atoms with E-state index < -0.39 is 92.1 Å². The van der Waals surface area contributed by atoms with Crippen molar-refractivity contribution in [3.05, 3.63) is 0 Å². The van der Waals surface area contributed by atoms with Crippen LogP contribution in [0.15, 0.2) is 0 Å². The van der Waals surface area contributed by atoms with Gasteiger partial charge in [-0.1, -0.05) is 0 Å². The van der Waals surface area contributed by atoms with E-state index in [9.17, 15) is 25.2 Å². The summed E-state index contributed by atoms with van der Waals surface area (Å²) >= 11 is 0. The lowest BCUT2D eigenvalue weighted by molar-refractivity contribution is -0.308. The minimum absolute atomic E-state index is 0.0322. The fourth-order valence-corrected chi connectivity index (χ4v) is 4.98. The number of alkyl halides is 1. The molecule has 0 radical (unpaired) electrons. The molecule has 2 saturated heterocycles. The second kappa shape index (κ2) is 14.0. The average Bonchev–Trinajstić information content (AvgIpc) is 2.89. The lowest BCUT2D eigenvalue weighted by atomic mass is 9.84. The molecule has 0 aromatic rings. The molecule has 1 amide bonds. The Balaban J connectivity index is 1.82. The van der Waals surface area contributed by atoms with Crippen molar-refractivity contribution in [2.24, 2.45) is 28.7 Å². The summed E-state index contributed by atoms with van der Waals surface area (Å²) in [5, 5.41) is 42.8. The van der Waals surface area contributed by atoms with Crippen molar-refractivity contribution >= 4 is 5.91 Å². The molecule has 6 unspecified atom stereocenters. The predicted octanol–water partition coefficient (Wildman–Crippen LogP) is -5.42. The van der Waals surface area contributed by atoms with E-state index in [1.54, 1.807) is 0 Å². The number of nitrogens with one attached hydrogen (secondary N) is 1. The highest BCUT2D eigenvalue weighted by Gasteiger charge is 2.52. The quantitative estimate of drug-likeness (QED) is 0.121. The molecule has 3 rings (SSSR count). The molecule has 38 heavy (non-hydrogen) atoms. The standard InChI is InChI=1S/C22H43FN6O9/c23-14-18(37-21-9(26)2-1-8(6-25)35-21)10(27)5-11(29-20(34)12(31)3-4-24)19(14)38-22-17(33)15(28)16(32)13(7-30)36-22/h8-19,21-22,30-33H,1-7,24-28H2,(H,29,34)/t8?,9?,10-,11+,12-,13?,14?,15-,16-,17?,18?,19+,21-,22-/m0/s1. The molecule has 0 spiro atoms. The molecule has 3 fully saturated rings. The maximum absolute atomic E-state index is 16.2. The van der Waals surface area contributed by atoms with E-state index in [1.165, 1.54) is 0 Å². The van der Waals surface area contributed by atoms with Gasteiger partial charge >= 0.3 is 0 Å². The fourth-order valence-electron chi connectivity index (χ4n) is 4.98. The molecule has 0 bridgehead atoms. The van der Waals surface area contributed by atoms with Crippen molar-refractivity contribution in [1.82, 2.24) is 5.32 Å². The Kier molecular flexibility index (Phi) is 11.6. The second-order valence-corrected chi connectivity index (χ2v) is 10.1. The first-order valence-electron chi connectivity index (χ1n) is 12.9. The van der Waals surface area contributed by atoms with Crippen molar-refractivity contribution < 1.29 is 48.6 Å². The van der Waals surface area contributed by atoms with Crippen LogP contribution in [0.1, 0.15) is 25.7 Å². The number of aliphatic hydroxyl groups is 4. The first kappa shape index (κ1) is 31.4. The second-order valence-electron chi connectivity index (χ2n) is 10.1. The fraction of sp³-hybridized carbons (Fsp3) is 0.955. The van der Waals surface area contributed by atoms with Gasteiger partial charge in [0.05, 0.1) is 30.8 Å². The van der Waals surface area contributed by atoms with Gasteiger partial charge in [-0.25, -0.2) is 4.39 Å². The van der Waals surface area contributed by atoms with E-state index in [-0.39, 0.29) is 32.0 Å². The largest absolute Gasteiger partial charge is 0.394 e. The van der Waals surface area contributed by atoms with E-state index in [0.717, 1.165) is 0 Å². The van der Waals surface area contributed by atoms with Crippen LogP contribution in [0, 0.1) is 0 Å². The summed E-state index contributed by atoms with van der Waals surface area (Å²) in [7, 11) is 0. The molecule has 2 heterocycles. The third-order valence-corrected chi connectivity index (χ3v) is 7.32. The van der Waals surface area contributed by atoms with Crippen molar-refractivity contribution in [3.8, 4) is 0 Å². The van der Waals surface area contributed by atoms with Gasteiger partial charge in [0.2, 0.25) is 5.91 Å². The van der Waals surface area contributed by atoms with Crippen LogP contribution < -0.4 is 34.0 Å². The van der Waals surface area contributed by atoms with E-state index in [0.29, 0.717) is 12.8 Å². The number of amides is 1. The Hall–Kier alpha value is -1.12. The summed E-state index contributed by atoms with van der Waals surface area (Å²) in [5.41, 5.74) is 29.4. The molecule has 222 valence electrons. The number of carbonyl (C=O) groups excluding carboxylic acids is 1. The van der Waals surface area contributed by atoms with Crippen LogP contribution >= 0.6 is 0 Å². The van der Waals surface area contributed by atoms with Gasteiger partial charge in [-0.05, 0) is 32.2 Å². The molecule has 1 saturated carbocycles. The summed E-state index contributed by atoms with van der Waals surface area (Å²) in [4.78, 5) is 12.5. The number of hydrogen-bond donors (Lipinski definition) is 10. The third-order valence-electron chi connectivity index (χ3n) is 7.32. The Labute approximate surface area is 220 Å². The Morgan fingerprint density at radius 1 is 1.03 bits per heavy atom. The number of nitrogens with two attached hydrogens (primary N) is 5. The lowest BCUT2D eigenvalue weighted by Crippen LogP contribution is -2.68. The van der Waals surface area contributed by atoms with Crippen LogP contribution in [0.25, 0.3) is 0 Å². The molecule has 15 N–H and O–H groups in total. The van der Waals surface area contributed by atoms with Gasteiger partial charge in [0.25, 0.3) is 0 Å². The van der Waals surface area contributed by atoms with E-state index in [2.05, 4.69) is 5.32 Å². The Morgan fingerprint density at radius 2 is 1.71 bits per heavy atom. The number of rotatable bonds is 10. The molecule has 3 aliphatic rings. The van der Waals surface area contributed by atoms with Gasteiger partial charge in [-0.3, -0.25) is 4.79 Å². The van der Waals surface area contributed by atoms with Crippen LogP contribution in [0.3, 0.4) is 0 Å². The molecule has 14 atom stereocenters. The van der Waals surface area contributed by atoms with Crippen LogP contribution in [0.2, 0.25) is 0 Å². The highest BCUT2D eigenvalue weighted by atomic mass is 19.1. The Morgan fingerprint density at radius 3 is 2.34 bits per heavy atom. The highest BCUT2D eigenvalue weighted by molar-refractivity contribution is 5.80. The average molecular weight is 555 g/mol. The van der Waals surface area contributed by atoms with E-state index in [4.69, 9.17) is 47.6 Å². The number of hydrogen-bond acceptors (Lipinski definition) is 14. The molecule has 2 aliphatic heterocycles.